The molecule has 5 heteroatoms. The zero-order valence-corrected chi connectivity index (χ0v) is 14.6. The summed E-state index contributed by atoms with van der Waals surface area (Å²) >= 11 is 0. The number of urea groups is 1. The third-order valence-electron chi connectivity index (χ3n) is 3.99. The van der Waals surface area contributed by atoms with Gasteiger partial charge in [-0.1, -0.05) is 37.3 Å². The molecule has 2 aromatic carbocycles. The molecule has 0 saturated carbocycles. The van der Waals surface area contributed by atoms with Gasteiger partial charge in [-0.05, 0) is 43.2 Å². The molecule has 0 fully saturated rings. The van der Waals surface area contributed by atoms with Gasteiger partial charge >= 0.3 is 6.03 Å². The van der Waals surface area contributed by atoms with Crippen molar-refractivity contribution in [2.75, 3.05) is 11.9 Å². The van der Waals surface area contributed by atoms with Crippen LogP contribution in [0.1, 0.15) is 25.8 Å². The maximum absolute atomic E-state index is 12.7. The Labute approximate surface area is 148 Å². The van der Waals surface area contributed by atoms with Crippen molar-refractivity contribution < 1.29 is 9.53 Å². The van der Waals surface area contributed by atoms with Crippen molar-refractivity contribution in [3.8, 4) is 11.8 Å². The lowest BCUT2D eigenvalue weighted by atomic mass is 10.1. The number of carbonyl (C=O) groups is 1. The standard InChI is InChI=1S/C20H23N3O2/c1-3-16(2)23(15-17-7-5-4-6-8-17)20(24)22-18-9-11-19(12-10-18)25-14-13-21/h4-12,16H,3,14-15H2,1-2H3,(H,22,24)/t16-/m1/s1. The number of benzene rings is 2. The molecule has 0 spiro atoms. The molecule has 0 bridgehead atoms. The van der Waals surface area contributed by atoms with Gasteiger partial charge in [0.2, 0.25) is 0 Å². The molecule has 130 valence electrons. The summed E-state index contributed by atoms with van der Waals surface area (Å²) in [6.45, 7) is 4.67. The van der Waals surface area contributed by atoms with Crippen molar-refractivity contribution in [1.29, 1.82) is 5.26 Å². The second-order valence-electron chi connectivity index (χ2n) is 5.77. The van der Waals surface area contributed by atoms with Gasteiger partial charge < -0.3 is 15.0 Å². The Morgan fingerprint density at radius 2 is 1.88 bits per heavy atom. The minimum absolute atomic E-state index is 0.00454. The number of nitriles is 1. The van der Waals surface area contributed by atoms with E-state index in [1.54, 1.807) is 24.3 Å². The molecule has 2 amide bonds. The fourth-order valence-electron chi connectivity index (χ4n) is 2.37. The molecule has 0 unspecified atom stereocenters. The van der Waals surface area contributed by atoms with Gasteiger partial charge in [0.25, 0.3) is 0 Å². The van der Waals surface area contributed by atoms with E-state index >= 15 is 0 Å². The number of hydrogen-bond acceptors (Lipinski definition) is 3. The van der Waals surface area contributed by atoms with Gasteiger partial charge in [-0.15, -0.1) is 0 Å². The van der Waals surface area contributed by atoms with E-state index in [9.17, 15) is 4.79 Å². The van der Waals surface area contributed by atoms with E-state index in [2.05, 4.69) is 12.2 Å². The summed E-state index contributed by atoms with van der Waals surface area (Å²) in [4.78, 5) is 14.5. The Morgan fingerprint density at radius 1 is 1.20 bits per heavy atom. The van der Waals surface area contributed by atoms with Crippen LogP contribution in [-0.2, 0) is 6.54 Å². The Kier molecular flexibility index (Phi) is 6.85. The number of nitrogens with zero attached hydrogens (tertiary/aromatic N) is 2. The highest BCUT2D eigenvalue weighted by molar-refractivity contribution is 5.89. The first-order valence-electron chi connectivity index (χ1n) is 8.35. The van der Waals surface area contributed by atoms with E-state index in [1.807, 2.05) is 48.2 Å². The molecule has 0 aliphatic heterocycles. The number of anilines is 1. The van der Waals surface area contributed by atoms with Crippen molar-refractivity contribution >= 4 is 11.7 Å². The summed E-state index contributed by atoms with van der Waals surface area (Å²) < 4.78 is 5.21. The second-order valence-corrected chi connectivity index (χ2v) is 5.77. The van der Waals surface area contributed by atoms with Gasteiger partial charge in [-0.25, -0.2) is 4.79 Å². The quantitative estimate of drug-likeness (QED) is 0.813. The van der Waals surface area contributed by atoms with Crippen molar-refractivity contribution in [3.63, 3.8) is 0 Å². The van der Waals surface area contributed by atoms with E-state index < -0.39 is 0 Å². The summed E-state index contributed by atoms with van der Waals surface area (Å²) in [5.74, 6) is 0.600. The predicted molar refractivity (Wildman–Crippen MR) is 98.3 cm³/mol. The maximum atomic E-state index is 12.7. The van der Waals surface area contributed by atoms with Gasteiger partial charge in [-0.3, -0.25) is 0 Å². The zero-order chi connectivity index (χ0) is 18.1. The average molecular weight is 337 g/mol. The maximum Gasteiger partial charge on any atom is 0.322 e. The third kappa shape index (κ3) is 5.54. The molecule has 1 atom stereocenters. The SMILES string of the molecule is CC[C@@H](C)N(Cc1ccccc1)C(=O)Nc1ccc(OCC#N)cc1. The minimum Gasteiger partial charge on any atom is -0.479 e. The summed E-state index contributed by atoms with van der Waals surface area (Å²) in [5.41, 5.74) is 1.79. The van der Waals surface area contributed by atoms with E-state index in [4.69, 9.17) is 10.00 Å². The molecule has 0 aliphatic carbocycles. The lowest BCUT2D eigenvalue weighted by Gasteiger charge is -2.29. The number of rotatable bonds is 7. The molecule has 0 radical (unpaired) electrons. The van der Waals surface area contributed by atoms with E-state index in [0.717, 1.165) is 12.0 Å². The van der Waals surface area contributed by atoms with Crippen molar-refractivity contribution in [2.45, 2.75) is 32.9 Å². The molecular weight excluding hydrogens is 314 g/mol. The molecule has 2 aromatic rings. The van der Waals surface area contributed by atoms with Crippen molar-refractivity contribution in [2.24, 2.45) is 0 Å². The summed E-state index contributed by atoms with van der Waals surface area (Å²) in [6, 6.07) is 18.9. The lowest BCUT2D eigenvalue weighted by molar-refractivity contribution is 0.187. The molecule has 0 aromatic heterocycles. The highest BCUT2D eigenvalue weighted by atomic mass is 16.5. The number of ether oxygens (including phenoxy) is 1. The molecule has 5 nitrogen and oxygen atoms in total. The smallest absolute Gasteiger partial charge is 0.322 e. The van der Waals surface area contributed by atoms with Crippen molar-refractivity contribution in [3.05, 3.63) is 60.2 Å². The van der Waals surface area contributed by atoms with Crippen LogP contribution in [0, 0.1) is 11.3 Å². The Hall–Kier alpha value is -3.00. The van der Waals surface area contributed by atoms with Crippen LogP contribution < -0.4 is 10.1 Å². The summed E-state index contributed by atoms with van der Waals surface area (Å²) in [6.07, 6.45) is 0.876. The van der Waals surface area contributed by atoms with Crippen LogP contribution >= 0.6 is 0 Å². The lowest BCUT2D eigenvalue weighted by Crippen LogP contribution is -2.40. The van der Waals surface area contributed by atoms with Crippen LogP contribution in [0.3, 0.4) is 0 Å². The highest BCUT2D eigenvalue weighted by Crippen LogP contribution is 2.18. The molecule has 2 rings (SSSR count). The Balaban J connectivity index is 2.05. The van der Waals surface area contributed by atoms with Crippen molar-refractivity contribution in [1.82, 2.24) is 4.90 Å². The van der Waals surface area contributed by atoms with Crippen LogP contribution in [0.25, 0.3) is 0 Å². The predicted octanol–water partition coefficient (Wildman–Crippen LogP) is 4.42. The fraction of sp³-hybridized carbons (Fsp3) is 0.300. The van der Waals surface area contributed by atoms with E-state index in [-0.39, 0.29) is 18.7 Å². The second kappa shape index (κ2) is 9.33. The number of amides is 2. The Morgan fingerprint density at radius 3 is 2.48 bits per heavy atom. The topological polar surface area (TPSA) is 65.4 Å². The number of hydrogen-bond donors (Lipinski definition) is 1. The van der Waals surface area contributed by atoms with E-state index in [1.165, 1.54) is 0 Å². The number of nitrogens with one attached hydrogen (secondary N) is 1. The van der Waals surface area contributed by atoms with Crippen LogP contribution in [0.2, 0.25) is 0 Å². The molecule has 1 N–H and O–H groups in total. The largest absolute Gasteiger partial charge is 0.479 e. The first kappa shape index (κ1) is 18.3. The molecular formula is C20H23N3O2. The summed E-state index contributed by atoms with van der Waals surface area (Å²) in [7, 11) is 0. The van der Waals surface area contributed by atoms with Crippen LogP contribution in [0.4, 0.5) is 10.5 Å². The van der Waals surface area contributed by atoms with Gasteiger partial charge in [-0.2, -0.15) is 5.26 Å². The fourth-order valence-corrected chi connectivity index (χ4v) is 2.37. The highest BCUT2D eigenvalue weighted by Gasteiger charge is 2.19. The van der Waals surface area contributed by atoms with Gasteiger partial charge in [0.05, 0.1) is 0 Å². The van der Waals surface area contributed by atoms with Crippen LogP contribution in [0.15, 0.2) is 54.6 Å². The van der Waals surface area contributed by atoms with Gasteiger partial charge in [0, 0.05) is 18.3 Å². The monoisotopic (exact) mass is 337 g/mol. The first-order chi connectivity index (χ1) is 12.1. The van der Waals surface area contributed by atoms with E-state index in [0.29, 0.717) is 18.0 Å². The minimum atomic E-state index is -0.135. The number of carbonyl (C=O) groups excluding carboxylic acids is 1. The van der Waals surface area contributed by atoms with Crippen LogP contribution in [0.5, 0.6) is 5.75 Å². The molecule has 0 heterocycles. The van der Waals surface area contributed by atoms with Crippen LogP contribution in [-0.4, -0.2) is 23.6 Å². The third-order valence-corrected chi connectivity index (χ3v) is 3.99. The molecule has 25 heavy (non-hydrogen) atoms. The summed E-state index contributed by atoms with van der Waals surface area (Å²) in [5, 5.41) is 11.4. The average Bonchev–Trinajstić information content (AvgIpc) is 2.65. The molecule has 0 saturated heterocycles. The molecule has 0 aliphatic rings. The van der Waals surface area contributed by atoms with Gasteiger partial charge in [0.15, 0.2) is 6.61 Å². The zero-order valence-electron chi connectivity index (χ0n) is 14.6. The van der Waals surface area contributed by atoms with Gasteiger partial charge in [0.1, 0.15) is 11.8 Å². The normalized spacial score (nSPS) is 11.2. The Bertz CT molecular complexity index is 708. The first-order valence-corrected chi connectivity index (χ1v) is 8.35.